The van der Waals surface area contributed by atoms with Crippen LogP contribution < -0.4 is 15.8 Å². The summed E-state index contributed by atoms with van der Waals surface area (Å²) in [5.74, 6) is 3.25. The number of nitrogens with two attached hydrogens (primary N) is 1. The van der Waals surface area contributed by atoms with Gasteiger partial charge >= 0.3 is 0 Å². The first-order chi connectivity index (χ1) is 13.6. The summed E-state index contributed by atoms with van der Waals surface area (Å²) in [5, 5.41) is 3.29. The van der Waals surface area contributed by atoms with E-state index in [-0.39, 0.29) is 5.91 Å². The molecule has 6 nitrogen and oxygen atoms in total. The summed E-state index contributed by atoms with van der Waals surface area (Å²) in [5.41, 5.74) is 7.12. The number of methoxy groups -OCH3 is 1. The second-order valence-electron chi connectivity index (χ2n) is 8.12. The number of carbonyl (C=O) groups is 1. The summed E-state index contributed by atoms with van der Waals surface area (Å²) in [7, 11) is 1.64. The molecule has 2 aromatic rings. The molecule has 2 saturated carbocycles. The Balaban J connectivity index is 1.31. The summed E-state index contributed by atoms with van der Waals surface area (Å²) < 4.78 is 11.0. The van der Waals surface area contributed by atoms with Gasteiger partial charge in [0.2, 0.25) is 5.91 Å². The number of aryl methyl sites for hydroxylation is 1. The van der Waals surface area contributed by atoms with Crippen molar-refractivity contribution in [3.8, 4) is 17.1 Å². The molecule has 3 N–H and O–H groups in total. The van der Waals surface area contributed by atoms with Gasteiger partial charge in [-0.25, -0.2) is 4.98 Å². The van der Waals surface area contributed by atoms with Crippen LogP contribution in [0, 0.1) is 11.8 Å². The van der Waals surface area contributed by atoms with Crippen LogP contribution in [-0.4, -0.2) is 30.1 Å². The van der Waals surface area contributed by atoms with Gasteiger partial charge in [0.15, 0.2) is 11.7 Å². The van der Waals surface area contributed by atoms with E-state index in [1.165, 1.54) is 19.3 Å². The van der Waals surface area contributed by atoms with Crippen LogP contribution in [0.1, 0.15) is 44.4 Å². The number of rotatable bonds is 6. The van der Waals surface area contributed by atoms with Crippen LogP contribution in [0.3, 0.4) is 0 Å². The Bertz CT molecular complexity index is 788. The van der Waals surface area contributed by atoms with Crippen LogP contribution in [0.15, 0.2) is 34.9 Å². The fraction of sp³-hybridized carbons (Fsp3) is 0.545. The molecule has 2 aliphatic rings. The molecule has 2 unspecified atom stereocenters. The second-order valence-corrected chi connectivity index (χ2v) is 8.12. The third-order valence-electron chi connectivity index (χ3n) is 6.20. The number of ether oxygens (including phenoxy) is 1. The zero-order valence-corrected chi connectivity index (χ0v) is 16.4. The van der Waals surface area contributed by atoms with E-state index in [1.54, 1.807) is 13.3 Å². The Morgan fingerprint density at radius 2 is 1.96 bits per heavy atom. The average molecular weight is 383 g/mol. The van der Waals surface area contributed by atoms with Crippen molar-refractivity contribution in [2.75, 3.05) is 7.11 Å². The Labute approximate surface area is 165 Å². The normalized spacial score (nSPS) is 26.6. The summed E-state index contributed by atoms with van der Waals surface area (Å²) >= 11 is 0. The molecule has 0 aliphatic heterocycles. The topological polar surface area (TPSA) is 90.4 Å². The molecule has 1 amide bonds. The number of hydrogen-bond acceptors (Lipinski definition) is 5. The van der Waals surface area contributed by atoms with E-state index in [2.05, 4.69) is 10.3 Å². The molecule has 4 rings (SSSR count). The minimum atomic E-state index is 0.0848. The molecule has 150 valence electrons. The van der Waals surface area contributed by atoms with Gasteiger partial charge in [-0.15, -0.1) is 0 Å². The maximum atomic E-state index is 12.5. The van der Waals surface area contributed by atoms with Crippen LogP contribution in [-0.2, 0) is 11.2 Å². The second kappa shape index (κ2) is 8.35. The maximum Gasteiger partial charge on any atom is 0.220 e. The van der Waals surface area contributed by atoms with Gasteiger partial charge in [0.25, 0.3) is 0 Å². The maximum absolute atomic E-state index is 12.5. The zero-order chi connectivity index (χ0) is 19.5. The van der Waals surface area contributed by atoms with Crippen molar-refractivity contribution in [3.63, 3.8) is 0 Å². The molecule has 1 aromatic carbocycles. The van der Waals surface area contributed by atoms with Crippen molar-refractivity contribution in [2.24, 2.45) is 17.6 Å². The molecule has 0 saturated heterocycles. The van der Waals surface area contributed by atoms with Crippen molar-refractivity contribution < 1.29 is 13.9 Å². The molecule has 2 fully saturated rings. The zero-order valence-electron chi connectivity index (χ0n) is 16.4. The third kappa shape index (κ3) is 4.22. The largest absolute Gasteiger partial charge is 0.497 e. The highest BCUT2D eigenvalue weighted by Gasteiger charge is 2.39. The van der Waals surface area contributed by atoms with Gasteiger partial charge in [-0.1, -0.05) is 6.42 Å². The Morgan fingerprint density at radius 1 is 1.25 bits per heavy atom. The van der Waals surface area contributed by atoms with Crippen molar-refractivity contribution in [1.82, 2.24) is 10.3 Å². The molecule has 0 radical (unpaired) electrons. The SMILES string of the molecule is COc1ccc(-c2cnc(CCC(=O)NC3C4CCCC3CC(N)C4)o2)cc1. The first-order valence-electron chi connectivity index (χ1n) is 10.3. The Hall–Kier alpha value is -2.34. The molecule has 2 atom stereocenters. The molecule has 6 heteroatoms. The van der Waals surface area contributed by atoms with Gasteiger partial charge < -0.3 is 20.2 Å². The van der Waals surface area contributed by atoms with Crippen molar-refractivity contribution in [1.29, 1.82) is 0 Å². The number of amides is 1. The van der Waals surface area contributed by atoms with E-state index in [1.807, 2.05) is 24.3 Å². The van der Waals surface area contributed by atoms with E-state index < -0.39 is 0 Å². The molecular weight excluding hydrogens is 354 g/mol. The van der Waals surface area contributed by atoms with Crippen LogP contribution in [0.2, 0.25) is 0 Å². The minimum Gasteiger partial charge on any atom is -0.497 e. The molecule has 2 bridgehead atoms. The van der Waals surface area contributed by atoms with Gasteiger partial charge in [-0.3, -0.25) is 4.79 Å². The predicted octanol–water partition coefficient (Wildman–Crippen LogP) is 3.31. The van der Waals surface area contributed by atoms with E-state index in [0.717, 1.165) is 24.2 Å². The number of aromatic nitrogens is 1. The first kappa shape index (κ1) is 19.0. The smallest absolute Gasteiger partial charge is 0.220 e. The van der Waals surface area contributed by atoms with Gasteiger partial charge in [-0.2, -0.15) is 0 Å². The molecule has 1 aromatic heterocycles. The molecule has 28 heavy (non-hydrogen) atoms. The lowest BCUT2D eigenvalue weighted by Gasteiger charge is -2.45. The summed E-state index contributed by atoms with van der Waals surface area (Å²) in [4.78, 5) is 16.8. The van der Waals surface area contributed by atoms with Crippen molar-refractivity contribution in [2.45, 2.75) is 57.0 Å². The van der Waals surface area contributed by atoms with E-state index in [9.17, 15) is 4.79 Å². The fourth-order valence-corrected chi connectivity index (χ4v) is 4.82. The first-order valence-corrected chi connectivity index (χ1v) is 10.3. The lowest BCUT2D eigenvalue weighted by molar-refractivity contribution is -0.123. The number of benzene rings is 1. The summed E-state index contributed by atoms with van der Waals surface area (Å²) in [6.45, 7) is 0. The summed E-state index contributed by atoms with van der Waals surface area (Å²) in [6, 6.07) is 8.23. The Kier molecular flexibility index (Phi) is 5.67. The lowest BCUT2D eigenvalue weighted by atomic mass is 9.67. The van der Waals surface area contributed by atoms with Crippen LogP contribution in [0.25, 0.3) is 11.3 Å². The average Bonchev–Trinajstić information content (AvgIpc) is 3.16. The molecule has 2 aliphatic carbocycles. The van der Waals surface area contributed by atoms with E-state index >= 15 is 0 Å². The number of nitrogens with one attached hydrogen (secondary N) is 1. The lowest BCUT2D eigenvalue weighted by Crippen LogP contribution is -2.53. The fourth-order valence-electron chi connectivity index (χ4n) is 4.82. The van der Waals surface area contributed by atoms with E-state index in [0.29, 0.717) is 48.4 Å². The number of nitrogens with zero attached hydrogens (tertiary/aromatic N) is 1. The van der Waals surface area contributed by atoms with Crippen LogP contribution in [0.4, 0.5) is 0 Å². The van der Waals surface area contributed by atoms with Crippen LogP contribution >= 0.6 is 0 Å². The van der Waals surface area contributed by atoms with E-state index in [4.69, 9.17) is 14.9 Å². The Morgan fingerprint density at radius 3 is 2.64 bits per heavy atom. The van der Waals surface area contributed by atoms with Crippen molar-refractivity contribution in [3.05, 3.63) is 36.4 Å². The highest BCUT2D eigenvalue weighted by atomic mass is 16.5. The highest BCUT2D eigenvalue weighted by molar-refractivity contribution is 5.76. The van der Waals surface area contributed by atoms with Gasteiger partial charge in [0.05, 0.1) is 13.3 Å². The standard InChI is InChI=1S/C22H29N3O3/c1-27-18-7-5-14(6-8-18)19-13-24-21(28-19)10-9-20(26)25-22-15-3-2-4-16(22)12-17(23)11-15/h5-8,13,15-17,22H,2-4,9-12,23H2,1H3,(H,25,26). The van der Waals surface area contributed by atoms with Crippen LogP contribution in [0.5, 0.6) is 5.75 Å². The predicted molar refractivity (Wildman–Crippen MR) is 107 cm³/mol. The number of hydrogen-bond donors (Lipinski definition) is 2. The van der Waals surface area contributed by atoms with Gasteiger partial charge in [0.1, 0.15) is 5.75 Å². The molecule has 0 spiro atoms. The minimum absolute atomic E-state index is 0.0848. The quantitative estimate of drug-likeness (QED) is 0.799. The monoisotopic (exact) mass is 383 g/mol. The van der Waals surface area contributed by atoms with Gasteiger partial charge in [0, 0.05) is 30.5 Å². The third-order valence-corrected chi connectivity index (χ3v) is 6.20. The highest BCUT2D eigenvalue weighted by Crippen LogP contribution is 2.39. The number of fused-ring (bicyclic) bond motifs is 2. The van der Waals surface area contributed by atoms with Crippen molar-refractivity contribution >= 4 is 5.91 Å². The molecule has 1 heterocycles. The number of carbonyl (C=O) groups excluding carboxylic acids is 1. The summed E-state index contributed by atoms with van der Waals surface area (Å²) in [6.07, 6.45) is 8.30. The number of oxazole rings is 1. The molecular formula is C22H29N3O3. The van der Waals surface area contributed by atoms with Gasteiger partial charge in [-0.05, 0) is 61.8 Å².